The molecule has 9 heteroatoms. The first-order valence-electron chi connectivity index (χ1n) is 9.04. The van der Waals surface area contributed by atoms with Crippen LogP contribution in [0, 0.1) is 0 Å². The normalized spacial score (nSPS) is 21.8. The van der Waals surface area contributed by atoms with Crippen molar-refractivity contribution in [1.82, 2.24) is 30.0 Å². The Morgan fingerprint density at radius 1 is 1.31 bits per heavy atom. The molecule has 26 heavy (non-hydrogen) atoms. The maximum Gasteiger partial charge on any atom is 0.318 e. The standard InChI is InChI=1S/C17H24N8O/c1-3-18-17(26)25-13-4-5-14(25)11-24(10-13)15-6-7-19-16(22-15)21-12-8-20-23(2)9-12/h6-9,13-14H,3-5,10-11H2,1-2H3,(H,18,26)(H,19,21,22). The fourth-order valence-electron chi connectivity index (χ4n) is 3.86. The molecule has 0 spiro atoms. The zero-order valence-corrected chi connectivity index (χ0v) is 15.1. The molecule has 2 atom stereocenters. The molecule has 0 aliphatic carbocycles. The number of aromatic nitrogens is 4. The van der Waals surface area contributed by atoms with Crippen molar-refractivity contribution in [3.63, 3.8) is 0 Å². The third-order valence-electron chi connectivity index (χ3n) is 4.97. The number of hydrogen-bond acceptors (Lipinski definition) is 6. The fraction of sp³-hybridized carbons (Fsp3) is 0.529. The van der Waals surface area contributed by atoms with Gasteiger partial charge in [-0.25, -0.2) is 9.78 Å². The zero-order valence-electron chi connectivity index (χ0n) is 15.1. The van der Waals surface area contributed by atoms with E-state index >= 15 is 0 Å². The number of nitrogens with zero attached hydrogens (tertiary/aromatic N) is 6. The summed E-state index contributed by atoms with van der Waals surface area (Å²) in [4.78, 5) is 25.5. The van der Waals surface area contributed by atoms with Crippen LogP contribution in [0.15, 0.2) is 24.7 Å². The first-order chi connectivity index (χ1) is 12.6. The number of amides is 2. The lowest BCUT2D eigenvalue weighted by molar-refractivity contribution is 0.162. The second-order valence-corrected chi connectivity index (χ2v) is 6.80. The predicted molar refractivity (Wildman–Crippen MR) is 98.5 cm³/mol. The highest BCUT2D eigenvalue weighted by Crippen LogP contribution is 2.32. The number of aryl methyl sites for hydroxylation is 1. The molecule has 2 unspecified atom stereocenters. The highest BCUT2D eigenvalue weighted by Gasteiger charge is 2.42. The van der Waals surface area contributed by atoms with Gasteiger partial charge in [0, 0.05) is 39.1 Å². The van der Waals surface area contributed by atoms with Crippen LogP contribution in [-0.4, -0.2) is 62.4 Å². The number of nitrogens with one attached hydrogen (secondary N) is 2. The van der Waals surface area contributed by atoms with Gasteiger partial charge in [-0.05, 0) is 25.8 Å². The van der Waals surface area contributed by atoms with E-state index in [9.17, 15) is 4.79 Å². The summed E-state index contributed by atoms with van der Waals surface area (Å²) in [6.45, 7) is 4.22. The zero-order chi connectivity index (χ0) is 18.1. The second-order valence-electron chi connectivity index (χ2n) is 6.80. The highest BCUT2D eigenvalue weighted by molar-refractivity contribution is 5.75. The van der Waals surface area contributed by atoms with Crippen LogP contribution in [0.2, 0.25) is 0 Å². The summed E-state index contributed by atoms with van der Waals surface area (Å²) in [5, 5.41) is 10.3. The molecular weight excluding hydrogens is 332 g/mol. The molecule has 0 aromatic carbocycles. The van der Waals surface area contributed by atoms with Gasteiger partial charge in [-0.2, -0.15) is 10.1 Å². The van der Waals surface area contributed by atoms with Crippen molar-refractivity contribution >= 4 is 23.5 Å². The second kappa shape index (κ2) is 6.81. The van der Waals surface area contributed by atoms with Gasteiger partial charge in [0.1, 0.15) is 5.82 Å². The van der Waals surface area contributed by atoms with Gasteiger partial charge in [-0.3, -0.25) is 4.68 Å². The van der Waals surface area contributed by atoms with Gasteiger partial charge in [-0.1, -0.05) is 0 Å². The Kier molecular flexibility index (Phi) is 4.36. The van der Waals surface area contributed by atoms with Crippen LogP contribution in [-0.2, 0) is 7.05 Å². The number of rotatable bonds is 4. The van der Waals surface area contributed by atoms with Crippen molar-refractivity contribution in [2.45, 2.75) is 31.8 Å². The van der Waals surface area contributed by atoms with Crippen LogP contribution in [0.25, 0.3) is 0 Å². The topological polar surface area (TPSA) is 91.2 Å². The molecule has 2 saturated heterocycles. The first kappa shape index (κ1) is 16.6. The molecule has 2 aliphatic heterocycles. The minimum Gasteiger partial charge on any atom is -0.352 e. The van der Waals surface area contributed by atoms with Crippen LogP contribution in [0.4, 0.5) is 22.2 Å². The van der Waals surface area contributed by atoms with E-state index < -0.39 is 0 Å². The van der Waals surface area contributed by atoms with E-state index in [1.807, 2.05) is 31.1 Å². The Bertz CT molecular complexity index is 777. The van der Waals surface area contributed by atoms with Crippen LogP contribution >= 0.6 is 0 Å². The van der Waals surface area contributed by atoms with Gasteiger partial charge in [0.2, 0.25) is 5.95 Å². The number of hydrogen-bond donors (Lipinski definition) is 2. The van der Waals surface area contributed by atoms with Crippen LogP contribution in [0.5, 0.6) is 0 Å². The third-order valence-corrected chi connectivity index (χ3v) is 4.97. The van der Waals surface area contributed by atoms with Crippen molar-refractivity contribution in [1.29, 1.82) is 0 Å². The van der Waals surface area contributed by atoms with E-state index in [4.69, 9.17) is 0 Å². The number of urea groups is 1. The summed E-state index contributed by atoms with van der Waals surface area (Å²) in [6.07, 6.45) is 7.47. The Balaban J connectivity index is 1.47. The van der Waals surface area contributed by atoms with Gasteiger partial charge in [0.25, 0.3) is 0 Å². The molecule has 4 heterocycles. The Morgan fingerprint density at radius 2 is 2.08 bits per heavy atom. The predicted octanol–water partition coefficient (Wildman–Crippen LogP) is 1.34. The first-order valence-corrected chi connectivity index (χ1v) is 9.04. The Morgan fingerprint density at radius 3 is 2.73 bits per heavy atom. The maximum absolute atomic E-state index is 12.3. The highest BCUT2D eigenvalue weighted by atomic mass is 16.2. The van der Waals surface area contributed by atoms with Gasteiger partial charge in [0.05, 0.1) is 24.0 Å². The van der Waals surface area contributed by atoms with Crippen molar-refractivity contribution < 1.29 is 4.79 Å². The van der Waals surface area contributed by atoms with Crippen LogP contribution in [0.3, 0.4) is 0 Å². The van der Waals surface area contributed by atoms with Crippen LogP contribution in [0.1, 0.15) is 19.8 Å². The van der Waals surface area contributed by atoms with E-state index in [2.05, 4.69) is 30.6 Å². The minimum atomic E-state index is 0.0567. The summed E-state index contributed by atoms with van der Waals surface area (Å²) in [7, 11) is 1.87. The molecule has 2 aromatic heterocycles. The average molecular weight is 356 g/mol. The van der Waals surface area contributed by atoms with Crippen molar-refractivity contribution in [3.05, 3.63) is 24.7 Å². The van der Waals surface area contributed by atoms with Crippen molar-refractivity contribution in [2.24, 2.45) is 7.05 Å². The lowest BCUT2D eigenvalue weighted by atomic mass is 10.2. The van der Waals surface area contributed by atoms with Gasteiger partial charge >= 0.3 is 6.03 Å². The number of fused-ring (bicyclic) bond motifs is 2. The minimum absolute atomic E-state index is 0.0567. The van der Waals surface area contributed by atoms with E-state index in [0.29, 0.717) is 12.5 Å². The summed E-state index contributed by atoms with van der Waals surface area (Å²) < 4.78 is 1.73. The Hall–Kier alpha value is -2.84. The van der Waals surface area contributed by atoms with Crippen LogP contribution < -0.4 is 15.5 Å². The monoisotopic (exact) mass is 356 g/mol. The van der Waals surface area contributed by atoms with E-state index in [-0.39, 0.29) is 18.1 Å². The van der Waals surface area contributed by atoms with Gasteiger partial charge < -0.3 is 20.4 Å². The molecule has 0 radical (unpaired) electrons. The smallest absolute Gasteiger partial charge is 0.318 e. The molecule has 2 aromatic rings. The molecule has 2 N–H and O–H groups in total. The summed E-state index contributed by atoms with van der Waals surface area (Å²) in [6, 6.07) is 2.46. The summed E-state index contributed by atoms with van der Waals surface area (Å²) >= 11 is 0. The third kappa shape index (κ3) is 3.16. The summed E-state index contributed by atoms with van der Waals surface area (Å²) in [5.41, 5.74) is 0.853. The molecule has 0 saturated carbocycles. The molecule has 4 rings (SSSR count). The molecule has 2 bridgehead atoms. The van der Waals surface area contributed by atoms with E-state index in [1.54, 1.807) is 17.1 Å². The molecular formula is C17H24N8O. The number of carbonyl (C=O) groups excluding carboxylic acids is 1. The largest absolute Gasteiger partial charge is 0.352 e. The molecule has 9 nitrogen and oxygen atoms in total. The molecule has 2 aliphatic rings. The van der Waals surface area contributed by atoms with Crippen molar-refractivity contribution in [2.75, 3.05) is 29.9 Å². The SMILES string of the molecule is CCNC(=O)N1C2CCC1CN(c1ccnc(Nc3cnn(C)c3)n1)C2. The average Bonchev–Trinajstić information content (AvgIpc) is 3.15. The quantitative estimate of drug-likeness (QED) is 0.859. The lowest BCUT2D eigenvalue weighted by Gasteiger charge is -2.41. The molecule has 138 valence electrons. The summed E-state index contributed by atoms with van der Waals surface area (Å²) in [5.74, 6) is 1.44. The van der Waals surface area contributed by atoms with Crippen molar-refractivity contribution in [3.8, 4) is 0 Å². The molecule has 2 fully saturated rings. The molecule has 2 amide bonds. The number of anilines is 3. The van der Waals surface area contributed by atoms with Gasteiger partial charge in [-0.15, -0.1) is 0 Å². The van der Waals surface area contributed by atoms with Gasteiger partial charge in [0.15, 0.2) is 0 Å². The number of carbonyl (C=O) groups is 1. The lowest BCUT2D eigenvalue weighted by Crippen LogP contribution is -2.58. The fourth-order valence-corrected chi connectivity index (χ4v) is 3.86. The van der Waals surface area contributed by atoms with E-state index in [0.717, 1.165) is 37.4 Å². The number of piperazine rings is 1. The van der Waals surface area contributed by atoms with E-state index in [1.165, 1.54) is 0 Å². The maximum atomic E-state index is 12.3. The Labute approximate surface area is 152 Å².